The van der Waals surface area contributed by atoms with Crippen LogP contribution in [0.5, 0.6) is 5.75 Å². The van der Waals surface area contributed by atoms with Crippen molar-refractivity contribution >= 4 is 17.3 Å². The first-order valence-corrected chi connectivity index (χ1v) is 6.69. The van der Waals surface area contributed by atoms with Crippen LogP contribution in [0.25, 0.3) is 0 Å². The number of rotatable bonds is 6. The first-order chi connectivity index (χ1) is 9.24. The third-order valence-corrected chi connectivity index (χ3v) is 3.16. The smallest absolute Gasteiger partial charge is 0.137 e. The van der Waals surface area contributed by atoms with Crippen LogP contribution < -0.4 is 10.1 Å². The maximum atomic E-state index is 6.09. The summed E-state index contributed by atoms with van der Waals surface area (Å²) in [6.45, 7) is 3.82. The number of benzene rings is 1. The van der Waals surface area contributed by atoms with Gasteiger partial charge in [0.15, 0.2) is 0 Å². The van der Waals surface area contributed by atoms with Crippen molar-refractivity contribution in [2.45, 2.75) is 26.4 Å². The molecule has 0 aliphatic heterocycles. The second kappa shape index (κ2) is 6.48. The highest BCUT2D eigenvalue weighted by Crippen LogP contribution is 2.27. The normalized spacial score (nSPS) is 10.5. The molecule has 1 aromatic heterocycles. The standard InChI is InChI=1S/C14H18ClN3O/c1-3-7-18-8-6-16-14(18)10-17-11-4-5-13(19-2)12(15)9-11/h4-6,8-9,17H,3,7,10H2,1-2H3. The highest BCUT2D eigenvalue weighted by molar-refractivity contribution is 6.32. The van der Waals surface area contributed by atoms with E-state index in [4.69, 9.17) is 16.3 Å². The minimum Gasteiger partial charge on any atom is -0.495 e. The van der Waals surface area contributed by atoms with Crippen molar-refractivity contribution in [2.24, 2.45) is 0 Å². The molecule has 2 aromatic rings. The summed E-state index contributed by atoms with van der Waals surface area (Å²) in [5.41, 5.74) is 0.955. The Morgan fingerprint density at radius 2 is 2.26 bits per heavy atom. The number of hydrogen-bond acceptors (Lipinski definition) is 3. The highest BCUT2D eigenvalue weighted by Gasteiger charge is 2.04. The van der Waals surface area contributed by atoms with E-state index >= 15 is 0 Å². The number of methoxy groups -OCH3 is 1. The average Bonchev–Trinajstić information content (AvgIpc) is 2.84. The summed E-state index contributed by atoms with van der Waals surface area (Å²) in [6.07, 6.45) is 4.92. The molecule has 4 nitrogen and oxygen atoms in total. The van der Waals surface area contributed by atoms with E-state index in [-0.39, 0.29) is 0 Å². The molecule has 0 amide bonds. The Balaban J connectivity index is 2.02. The maximum absolute atomic E-state index is 6.09. The van der Waals surface area contributed by atoms with Crippen LogP contribution in [-0.4, -0.2) is 16.7 Å². The summed E-state index contributed by atoms with van der Waals surface area (Å²) < 4.78 is 7.28. The molecule has 0 aliphatic rings. The number of hydrogen-bond donors (Lipinski definition) is 1. The molecule has 0 fully saturated rings. The summed E-state index contributed by atoms with van der Waals surface area (Å²) in [6, 6.07) is 5.65. The summed E-state index contributed by atoms with van der Waals surface area (Å²) in [4.78, 5) is 4.35. The van der Waals surface area contributed by atoms with E-state index in [0.29, 0.717) is 17.3 Å². The molecule has 5 heteroatoms. The molecular weight excluding hydrogens is 262 g/mol. The quantitative estimate of drug-likeness (QED) is 0.879. The van der Waals surface area contributed by atoms with Crippen LogP contribution in [0.4, 0.5) is 5.69 Å². The molecule has 0 bridgehead atoms. The number of nitrogens with one attached hydrogen (secondary N) is 1. The van der Waals surface area contributed by atoms with Crippen molar-refractivity contribution in [2.75, 3.05) is 12.4 Å². The SMILES string of the molecule is CCCn1ccnc1CNc1ccc(OC)c(Cl)c1. The molecule has 0 saturated heterocycles. The summed E-state index contributed by atoms with van der Waals surface area (Å²) >= 11 is 6.09. The fourth-order valence-corrected chi connectivity index (χ4v) is 2.17. The van der Waals surface area contributed by atoms with Gasteiger partial charge in [0, 0.05) is 24.6 Å². The Morgan fingerprint density at radius 3 is 2.95 bits per heavy atom. The van der Waals surface area contributed by atoms with Gasteiger partial charge in [-0.1, -0.05) is 18.5 Å². The van der Waals surface area contributed by atoms with Crippen molar-refractivity contribution in [3.8, 4) is 5.75 Å². The van der Waals surface area contributed by atoms with E-state index in [1.165, 1.54) is 0 Å². The van der Waals surface area contributed by atoms with E-state index < -0.39 is 0 Å². The van der Waals surface area contributed by atoms with Gasteiger partial charge in [-0.15, -0.1) is 0 Å². The fourth-order valence-electron chi connectivity index (χ4n) is 1.91. The average molecular weight is 280 g/mol. The molecule has 0 saturated carbocycles. The molecule has 0 spiro atoms. The Labute approximate surface area is 118 Å². The number of halogens is 1. The van der Waals surface area contributed by atoms with Gasteiger partial charge in [-0.05, 0) is 24.6 Å². The van der Waals surface area contributed by atoms with Crippen LogP contribution in [0.15, 0.2) is 30.6 Å². The van der Waals surface area contributed by atoms with Crippen molar-refractivity contribution in [3.63, 3.8) is 0 Å². The number of aromatic nitrogens is 2. The van der Waals surface area contributed by atoms with Gasteiger partial charge in [0.2, 0.25) is 0 Å². The van der Waals surface area contributed by atoms with Gasteiger partial charge in [0.25, 0.3) is 0 Å². The van der Waals surface area contributed by atoms with Crippen LogP contribution in [-0.2, 0) is 13.1 Å². The summed E-state index contributed by atoms with van der Waals surface area (Å²) in [7, 11) is 1.61. The van der Waals surface area contributed by atoms with Crippen molar-refractivity contribution in [3.05, 3.63) is 41.4 Å². The minimum atomic E-state index is 0.601. The molecule has 1 aromatic carbocycles. The molecule has 0 radical (unpaired) electrons. The summed E-state index contributed by atoms with van der Waals surface area (Å²) in [5.74, 6) is 1.70. The lowest BCUT2D eigenvalue weighted by Crippen LogP contribution is -2.08. The van der Waals surface area contributed by atoms with Gasteiger partial charge in [-0.25, -0.2) is 4.98 Å². The van der Waals surface area contributed by atoms with Gasteiger partial charge in [0.1, 0.15) is 11.6 Å². The van der Waals surface area contributed by atoms with E-state index in [1.807, 2.05) is 30.6 Å². The number of aryl methyl sites for hydroxylation is 1. The summed E-state index contributed by atoms with van der Waals surface area (Å²) in [5, 5.41) is 3.92. The Morgan fingerprint density at radius 1 is 1.42 bits per heavy atom. The Hall–Kier alpha value is -1.68. The second-order valence-corrected chi connectivity index (χ2v) is 4.65. The first-order valence-electron chi connectivity index (χ1n) is 6.32. The lowest BCUT2D eigenvalue weighted by Gasteiger charge is -2.10. The van der Waals surface area contributed by atoms with Crippen LogP contribution >= 0.6 is 11.6 Å². The van der Waals surface area contributed by atoms with Gasteiger partial charge in [-0.2, -0.15) is 0 Å². The minimum absolute atomic E-state index is 0.601. The molecule has 1 N–H and O–H groups in total. The highest BCUT2D eigenvalue weighted by atomic mass is 35.5. The van der Waals surface area contributed by atoms with Gasteiger partial charge < -0.3 is 14.6 Å². The van der Waals surface area contributed by atoms with E-state index in [2.05, 4.69) is 21.8 Å². The molecule has 0 atom stereocenters. The molecule has 2 rings (SSSR count). The third-order valence-electron chi connectivity index (χ3n) is 2.87. The van der Waals surface area contributed by atoms with Gasteiger partial charge in [-0.3, -0.25) is 0 Å². The molecule has 0 aliphatic carbocycles. The zero-order valence-corrected chi connectivity index (χ0v) is 11.9. The van der Waals surface area contributed by atoms with Crippen LogP contribution in [0.3, 0.4) is 0 Å². The third kappa shape index (κ3) is 3.41. The number of anilines is 1. The van der Waals surface area contributed by atoms with Crippen molar-refractivity contribution in [1.82, 2.24) is 9.55 Å². The Kier molecular flexibility index (Phi) is 4.68. The van der Waals surface area contributed by atoms with Crippen LogP contribution in [0, 0.1) is 0 Å². The molecule has 102 valence electrons. The molecular formula is C14H18ClN3O. The molecule has 1 heterocycles. The fraction of sp³-hybridized carbons (Fsp3) is 0.357. The van der Waals surface area contributed by atoms with E-state index in [0.717, 1.165) is 24.5 Å². The van der Waals surface area contributed by atoms with Crippen molar-refractivity contribution < 1.29 is 4.74 Å². The molecule has 0 unspecified atom stereocenters. The Bertz CT molecular complexity index is 539. The topological polar surface area (TPSA) is 39.1 Å². The van der Waals surface area contributed by atoms with Crippen LogP contribution in [0.1, 0.15) is 19.2 Å². The van der Waals surface area contributed by atoms with Gasteiger partial charge in [0.05, 0.1) is 18.7 Å². The predicted octanol–water partition coefficient (Wildman–Crippen LogP) is 3.57. The lowest BCUT2D eigenvalue weighted by molar-refractivity contribution is 0.415. The number of ether oxygens (including phenoxy) is 1. The number of imidazole rings is 1. The maximum Gasteiger partial charge on any atom is 0.137 e. The van der Waals surface area contributed by atoms with Crippen LogP contribution in [0.2, 0.25) is 5.02 Å². The largest absolute Gasteiger partial charge is 0.495 e. The van der Waals surface area contributed by atoms with E-state index in [1.54, 1.807) is 7.11 Å². The zero-order chi connectivity index (χ0) is 13.7. The molecule has 19 heavy (non-hydrogen) atoms. The zero-order valence-electron chi connectivity index (χ0n) is 11.2. The lowest BCUT2D eigenvalue weighted by atomic mass is 10.3. The predicted molar refractivity (Wildman–Crippen MR) is 77.8 cm³/mol. The second-order valence-electron chi connectivity index (χ2n) is 4.24. The number of nitrogens with zero attached hydrogens (tertiary/aromatic N) is 2. The van der Waals surface area contributed by atoms with E-state index in [9.17, 15) is 0 Å². The van der Waals surface area contributed by atoms with Gasteiger partial charge >= 0.3 is 0 Å². The van der Waals surface area contributed by atoms with Crippen molar-refractivity contribution in [1.29, 1.82) is 0 Å². The first kappa shape index (κ1) is 13.7. The monoisotopic (exact) mass is 279 g/mol.